The van der Waals surface area contributed by atoms with Crippen molar-refractivity contribution in [2.45, 2.75) is 12.1 Å². The molecule has 6 nitrogen and oxygen atoms in total. The maximum Gasteiger partial charge on any atom is 0.255 e. The summed E-state index contributed by atoms with van der Waals surface area (Å²) in [6, 6.07) is 2.37. The van der Waals surface area contributed by atoms with Crippen molar-refractivity contribution >= 4 is 17.5 Å². The number of rotatable bonds is 3. The molecule has 1 aromatic rings. The van der Waals surface area contributed by atoms with Crippen molar-refractivity contribution in [2.24, 2.45) is 0 Å². The zero-order valence-electron chi connectivity index (χ0n) is 12.4. The molecule has 1 amide bonds. The van der Waals surface area contributed by atoms with E-state index in [1.54, 1.807) is 0 Å². The smallest absolute Gasteiger partial charge is 0.255 e. The zero-order chi connectivity index (χ0) is 16.4. The van der Waals surface area contributed by atoms with E-state index in [-0.39, 0.29) is 22.7 Å². The van der Waals surface area contributed by atoms with E-state index in [9.17, 15) is 14.3 Å². The number of hydrogen-bond donors (Lipinski definition) is 2. The highest BCUT2D eigenvalue weighted by Gasteiger charge is 2.35. The fourth-order valence-corrected chi connectivity index (χ4v) is 3.07. The molecule has 8 heteroatoms. The second-order valence-electron chi connectivity index (χ2n) is 5.59. The summed E-state index contributed by atoms with van der Waals surface area (Å²) >= 11 is 5.58. The third kappa shape index (κ3) is 3.42. The first-order valence-electron chi connectivity index (χ1n) is 7.45. The predicted octanol–water partition coefficient (Wildman–Crippen LogP) is 1.01. The first-order valence-corrected chi connectivity index (χ1v) is 7.83. The highest BCUT2D eigenvalue weighted by Crippen LogP contribution is 2.28. The lowest BCUT2D eigenvalue weighted by Gasteiger charge is -2.34. The molecule has 2 aliphatic rings. The van der Waals surface area contributed by atoms with Gasteiger partial charge in [0, 0.05) is 13.1 Å². The van der Waals surface area contributed by atoms with Crippen LogP contribution in [0.25, 0.3) is 0 Å². The molecule has 0 aliphatic carbocycles. The number of benzene rings is 1. The topological polar surface area (TPSA) is 71.0 Å². The van der Waals surface area contributed by atoms with E-state index in [0.717, 1.165) is 13.1 Å². The number of nitrogens with zero attached hydrogens (tertiary/aromatic N) is 1. The van der Waals surface area contributed by atoms with Crippen LogP contribution in [-0.4, -0.2) is 67.5 Å². The summed E-state index contributed by atoms with van der Waals surface area (Å²) in [5.41, 5.74) is -0.139. The second-order valence-corrected chi connectivity index (χ2v) is 6.00. The minimum absolute atomic E-state index is 0.0436. The Morgan fingerprint density at radius 2 is 2.04 bits per heavy atom. The molecule has 1 aromatic carbocycles. The molecule has 0 aromatic heterocycles. The number of nitrogens with one attached hydrogen (secondary N) is 1. The maximum atomic E-state index is 13.6. The van der Waals surface area contributed by atoms with Gasteiger partial charge in [-0.25, -0.2) is 4.39 Å². The summed E-state index contributed by atoms with van der Waals surface area (Å²) in [7, 11) is 0. The highest BCUT2D eigenvalue weighted by atomic mass is 35.5. The average Bonchev–Trinajstić information content (AvgIpc) is 3.01. The van der Waals surface area contributed by atoms with Gasteiger partial charge in [0.05, 0.1) is 49.1 Å². The summed E-state index contributed by atoms with van der Waals surface area (Å²) < 4.78 is 24.4. The number of carbonyl (C=O) groups excluding carboxylic acids is 1. The Balaban J connectivity index is 1.70. The van der Waals surface area contributed by atoms with Crippen LogP contribution in [0.2, 0.25) is 5.02 Å². The number of phenolic OH excluding ortho intramolecular Hbond substituents is 1. The van der Waals surface area contributed by atoms with Gasteiger partial charge in [-0.1, -0.05) is 11.6 Å². The van der Waals surface area contributed by atoms with Gasteiger partial charge >= 0.3 is 0 Å². The highest BCUT2D eigenvalue weighted by molar-refractivity contribution is 6.31. The summed E-state index contributed by atoms with van der Waals surface area (Å²) in [4.78, 5) is 14.5. The van der Waals surface area contributed by atoms with Gasteiger partial charge in [0.1, 0.15) is 0 Å². The summed E-state index contributed by atoms with van der Waals surface area (Å²) in [6.07, 6.45) is 0. The van der Waals surface area contributed by atoms with Crippen molar-refractivity contribution in [3.8, 4) is 5.75 Å². The van der Waals surface area contributed by atoms with Gasteiger partial charge in [-0.15, -0.1) is 0 Å². The lowest BCUT2D eigenvalue weighted by Crippen LogP contribution is -2.54. The number of morpholine rings is 1. The third-order valence-electron chi connectivity index (χ3n) is 4.20. The van der Waals surface area contributed by atoms with E-state index < -0.39 is 17.5 Å². The van der Waals surface area contributed by atoms with Gasteiger partial charge in [0.15, 0.2) is 11.6 Å². The first-order chi connectivity index (χ1) is 11.1. The van der Waals surface area contributed by atoms with Gasteiger partial charge in [0.25, 0.3) is 5.91 Å². The lowest BCUT2D eigenvalue weighted by atomic mass is 10.1. The molecule has 2 heterocycles. The van der Waals surface area contributed by atoms with Crippen LogP contribution in [0.4, 0.5) is 4.39 Å². The van der Waals surface area contributed by atoms with Crippen LogP contribution in [0.1, 0.15) is 10.4 Å². The Hall–Kier alpha value is -1.41. The van der Waals surface area contributed by atoms with Crippen LogP contribution in [0, 0.1) is 5.82 Å². The molecule has 0 bridgehead atoms. The quantitative estimate of drug-likeness (QED) is 0.856. The molecule has 2 fully saturated rings. The minimum atomic E-state index is -0.994. The Kier molecular flexibility index (Phi) is 5.01. The van der Waals surface area contributed by atoms with Crippen LogP contribution in [0.5, 0.6) is 5.75 Å². The Labute approximate surface area is 138 Å². The standard InChI is InChI=1S/C15H18ClFN2O4/c16-10-2-1-9(14(20)13(10)17)15(21)18-11-7-23-8-12(11)19-3-5-22-6-4-19/h1-2,11-12,20H,3-8H2,(H,18,21)/t11-,12-/m1/s1. The molecule has 23 heavy (non-hydrogen) atoms. The number of amides is 1. The Bertz CT molecular complexity index is 595. The fourth-order valence-electron chi connectivity index (χ4n) is 2.92. The number of hydrogen-bond acceptors (Lipinski definition) is 5. The summed E-state index contributed by atoms with van der Waals surface area (Å²) in [6.45, 7) is 3.76. The normalized spacial score (nSPS) is 25.5. The second kappa shape index (κ2) is 7.00. The van der Waals surface area contributed by atoms with Crippen LogP contribution in [0.15, 0.2) is 12.1 Å². The number of halogens is 2. The molecule has 0 spiro atoms. The molecule has 0 saturated carbocycles. The molecule has 3 rings (SSSR count). The van der Waals surface area contributed by atoms with E-state index in [2.05, 4.69) is 10.2 Å². The van der Waals surface area contributed by atoms with Crippen LogP contribution in [-0.2, 0) is 9.47 Å². The van der Waals surface area contributed by atoms with Crippen molar-refractivity contribution in [3.63, 3.8) is 0 Å². The van der Waals surface area contributed by atoms with Gasteiger partial charge in [-0.3, -0.25) is 9.69 Å². The Morgan fingerprint density at radius 1 is 1.30 bits per heavy atom. The van der Waals surface area contributed by atoms with Gasteiger partial charge < -0.3 is 19.9 Å². The molecule has 126 valence electrons. The van der Waals surface area contributed by atoms with Crippen molar-refractivity contribution in [1.82, 2.24) is 10.2 Å². The van der Waals surface area contributed by atoms with Crippen molar-refractivity contribution < 1.29 is 23.8 Å². The first kappa shape index (κ1) is 16.4. The number of carbonyl (C=O) groups is 1. The number of phenols is 1. The monoisotopic (exact) mass is 344 g/mol. The third-order valence-corrected chi connectivity index (χ3v) is 4.49. The molecule has 2 aliphatic heterocycles. The van der Waals surface area contributed by atoms with Crippen molar-refractivity contribution in [2.75, 3.05) is 39.5 Å². The van der Waals surface area contributed by atoms with E-state index in [4.69, 9.17) is 21.1 Å². The molecule has 2 saturated heterocycles. The van der Waals surface area contributed by atoms with E-state index >= 15 is 0 Å². The molecule has 0 unspecified atom stereocenters. The van der Waals surface area contributed by atoms with Gasteiger partial charge in [-0.05, 0) is 12.1 Å². The number of ether oxygens (including phenoxy) is 2. The largest absolute Gasteiger partial charge is 0.504 e. The lowest BCUT2D eigenvalue weighted by molar-refractivity contribution is 0.0108. The molecular formula is C15H18ClFN2O4. The van der Waals surface area contributed by atoms with E-state index in [1.807, 2.05) is 0 Å². The maximum absolute atomic E-state index is 13.6. The predicted molar refractivity (Wildman–Crippen MR) is 81.3 cm³/mol. The van der Waals surface area contributed by atoms with E-state index in [1.165, 1.54) is 12.1 Å². The molecule has 2 N–H and O–H groups in total. The molecule has 0 radical (unpaired) electrons. The molecule has 2 atom stereocenters. The summed E-state index contributed by atoms with van der Waals surface area (Å²) in [5, 5.41) is 12.3. The Morgan fingerprint density at radius 3 is 2.78 bits per heavy atom. The number of aromatic hydroxyl groups is 1. The zero-order valence-corrected chi connectivity index (χ0v) is 13.2. The van der Waals surface area contributed by atoms with Crippen LogP contribution >= 0.6 is 11.6 Å². The summed E-state index contributed by atoms with van der Waals surface area (Å²) in [5.74, 6) is -2.28. The van der Waals surface area contributed by atoms with Crippen LogP contribution in [0.3, 0.4) is 0 Å². The van der Waals surface area contributed by atoms with Gasteiger partial charge in [0.2, 0.25) is 0 Å². The van der Waals surface area contributed by atoms with Gasteiger partial charge in [-0.2, -0.15) is 0 Å². The minimum Gasteiger partial charge on any atom is -0.504 e. The van der Waals surface area contributed by atoms with Crippen LogP contribution < -0.4 is 5.32 Å². The average molecular weight is 345 g/mol. The fraction of sp³-hybridized carbons (Fsp3) is 0.533. The molecular weight excluding hydrogens is 327 g/mol. The van der Waals surface area contributed by atoms with Crippen molar-refractivity contribution in [3.05, 3.63) is 28.5 Å². The van der Waals surface area contributed by atoms with E-state index in [0.29, 0.717) is 26.4 Å². The SMILES string of the molecule is O=C(N[C@@H]1COC[C@H]1N1CCOCC1)c1ccc(Cl)c(F)c1O. The van der Waals surface area contributed by atoms with Crippen molar-refractivity contribution in [1.29, 1.82) is 0 Å².